The predicted molar refractivity (Wildman–Crippen MR) is 70.9 cm³/mol. The second kappa shape index (κ2) is 6.14. The maximum absolute atomic E-state index is 12.6. The molecule has 1 atom stereocenters. The van der Waals surface area contributed by atoms with Crippen molar-refractivity contribution in [2.45, 2.75) is 18.1 Å². The number of sulfonamides is 1. The van der Waals surface area contributed by atoms with Crippen LogP contribution in [-0.4, -0.2) is 57.4 Å². The molecule has 0 amide bonds. The summed E-state index contributed by atoms with van der Waals surface area (Å²) in [6, 6.07) is 0. The Hall–Kier alpha value is -0.430. The Kier molecular flexibility index (Phi) is 4.77. The molecular formula is C12H22N2O3S. The second-order valence-electron chi connectivity index (χ2n) is 4.84. The van der Waals surface area contributed by atoms with Crippen LogP contribution in [0.1, 0.15) is 12.8 Å². The van der Waals surface area contributed by atoms with Crippen LogP contribution in [0.4, 0.5) is 0 Å². The van der Waals surface area contributed by atoms with E-state index in [1.807, 2.05) is 0 Å². The molecule has 104 valence electrons. The predicted octanol–water partition coefficient (Wildman–Crippen LogP) is 0.203. The van der Waals surface area contributed by atoms with Gasteiger partial charge in [-0.05, 0) is 31.8 Å². The molecule has 5 nitrogen and oxygen atoms in total. The van der Waals surface area contributed by atoms with Crippen LogP contribution in [-0.2, 0) is 14.8 Å². The van der Waals surface area contributed by atoms with Crippen LogP contribution in [0.25, 0.3) is 0 Å². The molecule has 1 unspecified atom stereocenters. The number of rotatable bonds is 4. The van der Waals surface area contributed by atoms with E-state index in [9.17, 15) is 8.42 Å². The molecule has 18 heavy (non-hydrogen) atoms. The molecule has 2 saturated heterocycles. The fraction of sp³-hybridized carbons (Fsp3) is 0.833. The van der Waals surface area contributed by atoms with Gasteiger partial charge in [-0.25, -0.2) is 8.42 Å². The van der Waals surface area contributed by atoms with Crippen LogP contribution in [0, 0.1) is 5.92 Å². The molecule has 2 aliphatic rings. The van der Waals surface area contributed by atoms with Gasteiger partial charge in [0.25, 0.3) is 0 Å². The van der Waals surface area contributed by atoms with Gasteiger partial charge in [0.15, 0.2) is 0 Å². The maximum Gasteiger partial charge on any atom is 0.220 e. The monoisotopic (exact) mass is 274 g/mol. The van der Waals surface area contributed by atoms with E-state index in [1.54, 1.807) is 10.4 Å². The highest BCUT2D eigenvalue weighted by atomic mass is 32.2. The largest absolute Gasteiger partial charge is 0.379 e. The first-order chi connectivity index (χ1) is 8.66. The van der Waals surface area contributed by atoms with Gasteiger partial charge in [-0.1, -0.05) is 6.08 Å². The number of piperidine rings is 1. The highest BCUT2D eigenvalue weighted by Gasteiger charge is 2.36. The molecule has 2 rings (SSSR count). The highest BCUT2D eigenvalue weighted by molar-refractivity contribution is 7.89. The molecule has 2 heterocycles. The lowest BCUT2D eigenvalue weighted by Crippen LogP contribution is -2.48. The van der Waals surface area contributed by atoms with Crippen molar-refractivity contribution < 1.29 is 13.2 Å². The Bertz CT molecular complexity index is 371. The highest BCUT2D eigenvalue weighted by Crippen LogP contribution is 2.25. The van der Waals surface area contributed by atoms with Gasteiger partial charge in [0.1, 0.15) is 0 Å². The molecule has 0 saturated carbocycles. The van der Waals surface area contributed by atoms with E-state index in [-0.39, 0.29) is 5.92 Å². The van der Waals surface area contributed by atoms with Crippen LogP contribution in [0.5, 0.6) is 0 Å². The molecule has 0 aromatic carbocycles. The first-order valence-corrected chi connectivity index (χ1v) is 8.06. The fourth-order valence-corrected chi connectivity index (χ4v) is 4.71. The van der Waals surface area contributed by atoms with Crippen molar-refractivity contribution in [3.63, 3.8) is 0 Å². The average Bonchev–Trinajstić information content (AvgIpc) is 2.41. The van der Waals surface area contributed by atoms with Gasteiger partial charge >= 0.3 is 0 Å². The number of hydrogen-bond donors (Lipinski definition) is 1. The lowest BCUT2D eigenvalue weighted by Gasteiger charge is -2.34. The average molecular weight is 274 g/mol. The lowest BCUT2D eigenvalue weighted by molar-refractivity contribution is 0.0724. The van der Waals surface area contributed by atoms with Gasteiger partial charge in [-0.3, -0.25) is 0 Å². The summed E-state index contributed by atoms with van der Waals surface area (Å²) in [6.07, 6.45) is 3.42. The van der Waals surface area contributed by atoms with E-state index in [0.29, 0.717) is 26.3 Å². The molecule has 1 N–H and O–H groups in total. The SMILES string of the molecule is C=CC(C1CCNCC1)S(=O)(=O)N1CCOCC1. The minimum absolute atomic E-state index is 0.191. The van der Waals surface area contributed by atoms with Crippen molar-refractivity contribution in [3.8, 4) is 0 Å². The smallest absolute Gasteiger partial charge is 0.220 e. The number of nitrogens with zero attached hydrogens (tertiary/aromatic N) is 1. The van der Waals surface area contributed by atoms with E-state index in [1.165, 1.54) is 0 Å². The summed E-state index contributed by atoms with van der Waals surface area (Å²) in [6.45, 7) is 7.46. The Morgan fingerprint density at radius 1 is 1.28 bits per heavy atom. The minimum Gasteiger partial charge on any atom is -0.379 e. The molecule has 0 aromatic heterocycles. The van der Waals surface area contributed by atoms with Gasteiger partial charge in [0.05, 0.1) is 18.5 Å². The first-order valence-electron chi connectivity index (χ1n) is 6.56. The Morgan fingerprint density at radius 2 is 1.89 bits per heavy atom. The third-order valence-electron chi connectivity index (χ3n) is 3.75. The third kappa shape index (κ3) is 2.93. The van der Waals surface area contributed by atoms with Gasteiger partial charge in [0, 0.05) is 13.1 Å². The summed E-state index contributed by atoms with van der Waals surface area (Å²) in [7, 11) is -3.27. The number of hydrogen-bond acceptors (Lipinski definition) is 4. The Labute approximate surface area is 109 Å². The topological polar surface area (TPSA) is 58.6 Å². The summed E-state index contributed by atoms with van der Waals surface area (Å²) < 4.78 is 32.0. The molecule has 0 spiro atoms. The molecule has 2 aliphatic heterocycles. The Balaban J connectivity index is 2.11. The van der Waals surface area contributed by atoms with E-state index in [4.69, 9.17) is 4.74 Å². The zero-order chi connectivity index (χ0) is 13.0. The summed E-state index contributed by atoms with van der Waals surface area (Å²) in [4.78, 5) is 0. The van der Waals surface area contributed by atoms with E-state index in [0.717, 1.165) is 25.9 Å². The number of morpholine rings is 1. The standard InChI is InChI=1S/C12H22N2O3S/c1-2-12(11-3-5-13-6-4-11)18(15,16)14-7-9-17-10-8-14/h2,11-13H,1,3-10H2. The van der Waals surface area contributed by atoms with Crippen molar-refractivity contribution >= 4 is 10.0 Å². The fourth-order valence-electron chi connectivity index (χ4n) is 2.70. The summed E-state index contributed by atoms with van der Waals surface area (Å²) in [5.74, 6) is 0.191. The number of ether oxygens (including phenoxy) is 1. The summed E-state index contributed by atoms with van der Waals surface area (Å²) >= 11 is 0. The second-order valence-corrected chi connectivity index (χ2v) is 6.93. The van der Waals surface area contributed by atoms with E-state index < -0.39 is 15.3 Å². The van der Waals surface area contributed by atoms with E-state index >= 15 is 0 Å². The first kappa shape index (κ1) is 14.0. The van der Waals surface area contributed by atoms with Crippen LogP contribution >= 0.6 is 0 Å². The van der Waals surface area contributed by atoms with Gasteiger partial charge in [-0.2, -0.15) is 4.31 Å². The van der Waals surface area contributed by atoms with Crippen LogP contribution < -0.4 is 5.32 Å². The van der Waals surface area contributed by atoms with Gasteiger partial charge in [0.2, 0.25) is 10.0 Å². The molecular weight excluding hydrogens is 252 g/mol. The zero-order valence-corrected chi connectivity index (χ0v) is 11.5. The van der Waals surface area contributed by atoms with Crippen LogP contribution in [0.15, 0.2) is 12.7 Å². The Morgan fingerprint density at radius 3 is 2.44 bits per heavy atom. The van der Waals surface area contributed by atoms with Crippen molar-refractivity contribution in [1.82, 2.24) is 9.62 Å². The van der Waals surface area contributed by atoms with Crippen molar-refractivity contribution in [3.05, 3.63) is 12.7 Å². The van der Waals surface area contributed by atoms with Gasteiger partial charge in [-0.15, -0.1) is 6.58 Å². The maximum atomic E-state index is 12.6. The molecule has 6 heteroatoms. The number of nitrogens with one attached hydrogen (secondary N) is 1. The quantitative estimate of drug-likeness (QED) is 0.744. The summed E-state index contributed by atoms with van der Waals surface area (Å²) in [5.41, 5.74) is 0. The molecule has 0 aliphatic carbocycles. The third-order valence-corrected chi connectivity index (χ3v) is 6.10. The lowest BCUT2D eigenvalue weighted by atomic mass is 9.94. The molecule has 0 radical (unpaired) electrons. The normalized spacial score (nSPS) is 25.8. The van der Waals surface area contributed by atoms with Crippen LogP contribution in [0.2, 0.25) is 0 Å². The van der Waals surface area contributed by atoms with Crippen molar-refractivity contribution in [1.29, 1.82) is 0 Å². The minimum atomic E-state index is -3.27. The molecule has 0 aromatic rings. The zero-order valence-electron chi connectivity index (χ0n) is 10.7. The van der Waals surface area contributed by atoms with Crippen molar-refractivity contribution in [2.24, 2.45) is 5.92 Å². The van der Waals surface area contributed by atoms with E-state index in [2.05, 4.69) is 11.9 Å². The molecule has 2 fully saturated rings. The van der Waals surface area contributed by atoms with Gasteiger partial charge < -0.3 is 10.1 Å². The summed E-state index contributed by atoms with van der Waals surface area (Å²) in [5, 5.41) is 2.82. The van der Waals surface area contributed by atoms with Crippen LogP contribution in [0.3, 0.4) is 0 Å². The molecule has 0 bridgehead atoms. The van der Waals surface area contributed by atoms with Crippen molar-refractivity contribution in [2.75, 3.05) is 39.4 Å².